The Kier molecular flexibility index (Phi) is 6.53. The van der Waals surface area contributed by atoms with Crippen LogP contribution in [0.1, 0.15) is 41.5 Å². The fourth-order valence-corrected chi connectivity index (χ4v) is 2.58. The van der Waals surface area contributed by atoms with Crippen molar-refractivity contribution in [2.24, 2.45) is 0 Å². The first-order valence-corrected chi connectivity index (χ1v) is 7.44. The molecule has 0 atom stereocenters. The van der Waals surface area contributed by atoms with E-state index in [-0.39, 0.29) is 11.1 Å². The molecule has 2 nitrogen and oxygen atoms in total. The van der Waals surface area contributed by atoms with Crippen LogP contribution in [0.5, 0.6) is 0 Å². The lowest BCUT2D eigenvalue weighted by Crippen LogP contribution is -2.36. The number of rotatable bonds is 5. The van der Waals surface area contributed by atoms with Crippen LogP contribution in [0.25, 0.3) is 0 Å². The predicted molar refractivity (Wildman–Crippen MR) is 70.7 cm³/mol. The molecular weight excluding hydrogens is 212 g/mol. The van der Waals surface area contributed by atoms with Crippen molar-refractivity contribution in [3.63, 3.8) is 0 Å². The maximum Gasteiger partial charge on any atom is 0.0527 e. The van der Waals surface area contributed by atoms with Crippen LogP contribution in [0.15, 0.2) is 0 Å². The van der Waals surface area contributed by atoms with Gasteiger partial charge in [-0.3, -0.25) is 0 Å². The van der Waals surface area contributed by atoms with E-state index >= 15 is 0 Å². The zero-order chi connectivity index (χ0) is 11.2. The summed E-state index contributed by atoms with van der Waals surface area (Å²) in [6, 6.07) is 0. The second-order valence-corrected chi connectivity index (χ2v) is 7.84. The molecule has 14 heavy (non-hydrogen) atoms. The third kappa shape index (κ3) is 12.6. The minimum Gasteiger partial charge on any atom is -0.302 e. The average molecular weight is 236 g/mol. The normalized spacial score (nSPS) is 13.3. The van der Waals surface area contributed by atoms with Gasteiger partial charge in [-0.25, -0.2) is 0 Å². The van der Waals surface area contributed by atoms with Crippen molar-refractivity contribution >= 4 is 21.6 Å². The summed E-state index contributed by atoms with van der Waals surface area (Å²) in [5.74, 6) is 2.00. The van der Waals surface area contributed by atoms with Crippen LogP contribution >= 0.6 is 21.6 Å². The molecule has 0 radical (unpaired) electrons. The molecule has 0 fully saturated rings. The van der Waals surface area contributed by atoms with Crippen molar-refractivity contribution < 1.29 is 0 Å². The van der Waals surface area contributed by atoms with Crippen LogP contribution in [-0.4, -0.2) is 22.8 Å². The molecule has 0 saturated carbocycles. The Balaban J connectivity index is 3.23. The molecule has 0 saturated heterocycles. The topological polar surface area (TPSA) is 24.1 Å². The lowest BCUT2D eigenvalue weighted by atomic mass is 10.1. The van der Waals surface area contributed by atoms with Gasteiger partial charge in [0.15, 0.2) is 0 Å². The monoisotopic (exact) mass is 236 g/mol. The molecule has 0 bridgehead atoms. The second-order valence-electron chi connectivity index (χ2n) is 5.38. The Morgan fingerprint density at radius 2 is 1.00 bits per heavy atom. The molecule has 0 amide bonds. The Morgan fingerprint density at radius 3 is 1.21 bits per heavy atom. The van der Waals surface area contributed by atoms with Crippen molar-refractivity contribution in [2.75, 3.05) is 11.8 Å². The van der Waals surface area contributed by atoms with E-state index in [1.165, 1.54) is 0 Å². The summed E-state index contributed by atoms with van der Waals surface area (Å²) in [6.45, 7) is 13.1. The maximum atomic E-state index is 3.43. The minimum atomic E-state index is 0.227. The second kappa shape index (κ2) is 6.26. The molecule has 0 aliphatic carbocycles. The van der Waals surface area contributed by atoms with Crippen molar-refractivity contribution in [1.29, 1.82) is 0 Å². The third-order valence-electron chi connectivity index (χ3n) is 1.41. The first-order chi connectivity index (χ1) is 6.21. The Morgan fingerprint density at radius 1 is 0.714 bits per heavy atom. The van der Waals surface area contributed by atoms with Gasteiger partial charge >= 0.3 is 0 Å². The summed E-state index contributed by atoms with van der Waals surface area (Å²) in [5.41, 5.74) is 0.454. The SMILES string of the molecule is CC(C)(C)NCSSCNC(C)(C)C. The van der Waals surface area contributed by atoms with Gasteiger partial charge in [0.05, 0.1) is 11.8 Å². The lowest BCUT2D eigenvalue weighted by molar-refractivity contribution is 0.460. The molecule has 0 spiro atoms. The molecule has 0 aromatic rings. The first-order valence-electron chi connectivity index (χ1n) is 4.95. The molecule has 0 aromatic heterocycles. The van der Waals surface area contributed by atoms with Gasteiger partial charge in [-0.05, 0) is 41.5 Å². The summed E-state index contributed by atoms with van der Waals surface area (Å²) in [6.07, 6.45) is 0. The summed E-state index contributed by atoms with van der Waals surface area (Å²) < 4.78 is 0. The Labute approximate surface area is 96.8 Å². The number of hydrogen-bond acceptors (Lipinski definition) is 4. The first kappa shape index (κ1) is 14.6. The van der Waals surface area contributed by atoms with Gasteiger partial charge in [0.2, 0.25) is 0 Å². The number of nitrogens with one attached hydrogen (secondary N) is 2. The molecule has 0 aliphatic heterocycles. The Bertz CT molecular complexity index is 129. The van der Waals surface area contributed by atoms with Crippen LogP contribution in [-0.2, 0) is 0 Å². The minimum absolute atomic E-state index is 0.227. The highest BCUT2D eigenvalue weighted by Gasteiger charge is 2.09. The van der Waals surface area contributed by atoms with E-state index in [1.807, 2.05) is 21.6 Å². The molecular formula is C10H24N2S2. The molecule has 86 valence electrons. The smallest absolute Gasteiger partial charge is 0.0527 e. The van der Waals surface area contributed by atoms with Gasteiger partial charge in [0.1, 0.15) is 0 Å². The van der Waals surface area contributed by atoms with Gasteiger partial charge in [-0.2, -0.15) is 0 Å². The third-order valence-corrected chi connectivity index (χ3v) is 3.30. The van der Waals surface area contributed by atoms with E-state index in [0.717, 1.165) is 11.8 Å². The Hall–Kier alpha value is 0.620. The molecule has 0 aliphatic rings. The van der Waals surface area contributed by atoms with E-state index in [0.29, 0.717) is 0 Å². The van der Waals surface area contributed by atoms with Gasteiger partial charge in [-0.1, -0.05) is 21.6 Å². The summed E-state index contributed by atoms with van der Waals surface area (Å²) in [4.78, 5) is 0. The largest absolute Gasteiger partial charge is 0.302 e. The van der Waals surface area contributed by atoms with Gasteiger partial charge in [-0.15, -0.1) is 0 Å². The lowest BCUT2D eigenvalue weighted by Gasteiger charge is -2.21. The summed E-state index contributed by atoms with van der Waals surface area (Å²) in [5, 5.41) is 6.87. The highest BCUT2D eigenvalue weighted by molar-refractivity contribution is 8.76. The zero-order valence-corrected chi connectivity index (χ0v) is 11.9. The molecule has 0 unspecified atom stereocenters. The fourth-order valence-electron chi connectivity index (χ4n) is 0.575. The van der Waals surface area contributed by atoms with Gasteiger partial charge in [0, 0.05) is 11.1 Å². The maximum absolute atomic E-state index is 3.43. The van der Waals surface area contributed by atoms with Gasteiger partial charge < -0.3 is 10.6 Å². The van der Waals surface area contributed by atoms with Crippen molar-refractivity contribution in [2.45, 2.75) is 52.6 Å². The van der Waals surface area contributed by atoms with E-state index in [4.69, 9.17) is 0 Å². The van der Waals surface area contributed by atoms with Crippen molar-refractivity contribution in [3.8, 4) is 0 Å². The zero-order valence-electron chi connectivity index (χ0n) is 10.2. The van der Waals surface area contributed by atoms with E-state index in [2.05, 4.69) is 52.2 Å². The average Bonchev–Trinajstić information content (AvgIpc) is 1.92. The van der Waals surface area contributed by atoms with Crippen LogP contribution < -0.4 is 10.6 Å². The summed E-state index contributed by atoms with van der Waals surface area (Å²) >= 11 is 0. The van der Waals surface area contributed by atoms with Gasteiger partial charge in [0.25, 0.3) is 0 Å². The molecule has 0 aromatic carbocycles. The number of hydrogen-bond donors (Lipinski definition) is 2. The molecule has 4 heteroatoms. The predicted octanol–water partition coefficient (Wildman–Crippen LogP) is 3.06. The highest BCUT2D eigenvalue weighted by Crippen LogP contribution is 2.20. The van der Waals surface area contributed by atoms with E-state index < -0.39 is 0 Å². The molecule has 0 heterocycles. The molecule has 2 N–H and O–H groups in total. The van der Waals surface area contributed by atoms with Crippen LogP contribution in [0.4, 0.5) is 0 Å². The fraction of sp³-hybridized carbons (Fsp3) is 1.00. The quantitative estimate of drug-likeness (QED) is 0.435. The van der Waals surface area contributed by atoms with E-state index in [1.54, 1.807) is 0 Å². The molecule has 0 rings (SSSR count). The summed E-state index contributed by atoms with van der Waals surface area (Å²) in [7, 11) is 3.73. The van der Waals surface area contributed by atoms with E-state index in [9.17, 15) is 0 Å². The van der Waals surface area contributed by atoms with Crippen LogP contribution in [0, 0.1) is 0 Å². The standard InChI is InChI=1S/C10H24N2S2/c1-9(2,3)11-7-13-14-8-12-10(4,5)6/h11-12H,7-8H2,1-6H3. The van der Waals surface area contributed by atoms with Crippen molar-refractivity contribution in [1.82, 2.24) is 10.6 Å². The van der Waals surface area contributed by atoms with Crippen LogP contribution in [0.3, 0.4) is 0 Å². The van der Waals surface area contributed by atoms with Crippen molar-refractivity contribution in [3.05, 3.63) is 0 Å². The van der Waals surface area contributed by atoms with Crippen LogP contribution in [0.2, 0.25) is 0 Å². The highest BCUT2D eigenvalue weighted by atomic mass is 33.1.